The molecule has 2 rings (SSSR count). The highest BCUT2D eigenvalue weighted by molar-refractivity contribution is 7.80. The largest absolute Gasteiger partial charge is 0.397 e. The Morgan fingerprint density at radius 1 is 1.54 bits per heavy atom. The molecular weight excluding hydrogens is 202 g/mol. The fourth-order valence-electron chi connectivity index (χ4n) is 1.25. The Morgan fingerprint density at radius 3 is 3.00 bits per heavy atom. The van der Waals surface area contributed by atoms with Gasteiger partial charge in [0.1, 0.15) is 0 Å². The highest BCUT2D eigenvalue weighted by Gasteiger charge is 2.07. The number of anilines is 1. The van der Waals surface area contributed by atoms with Gasteiger partial charge in [-0.15, -0.1) is 24.0 Å². The minimum atomic E-state index is 0.514. The fourth-order valence-corrected chi connectivity index (χ4v) is 2.54. The highest BCUT2D eigenvalue weighted by Crippen LogP contribution is 2.33. The molecule has 66 valence electrons. The second-order valence-corrected chi connectivity index (χ2v) is 4.08. The molecule has 0 unspecified atom stereocenters. The average molecular weight is 209 g/mol. The lowest BCUT2D eigenvalue weighted by molar-refractivity contribution is 0.112. The van der Waals surface area contributed by atoms with Crippen molar-refractivity contribution in [2.45, 2.75) is 4.90 Å². The number of carbonyl (C=O) groups excluding carboxylic acids is 1. The van der Waals surface area contributed by atoms with Gasteiger partial charge in [-0.25, -0.2) is 0 Å². The third-order valence-corrected chi connectivity index (χ3v) is 3.23. The van der Waals surface area contributed by atoms with Crippen molar-refractivity contribution in [1.82, 2.24) is 0 Å². The van der Waals surface area contributed by atoms with Crippen molar-refractivity contribution in [3.8, 4) is 0 Å². The summed E-state index contributed by atoms with van der Waals surface area (Å²) < 4.78 is 0.939. The minimum absolute atomic E-state index is 0.514. The molecule has 0 atom stereocenters. The van der Waals surface area contributed by atoms with Crippen molar-refractivity contribution < 1.29 is 4.79 Å². The molecule has 1 aromatic heterocycles. The molecule has 0 saturated heterocycles. The Morgan fingerprint density at radius 2 is 2.31 bits per heavy atom. The Labute approximate surface area is 84.8 Å². The number of hydrogen-bond acceptors (Lipinski definition) is 4. The molecule has 0 amide bonds. The summed E-state index contributed by atoms with van der Waals surface area (Å²) in [6.07, 6.45) is 0.758. The van der Waals surface area contributed by atoms with Crippen molar-refractivity contribution in [3.05, 3.63) is 23.1 Å². The van der Waals surface area contributed by atoms with Gasteiger partial charge in [0.2, 0.25) is 0 Å². The molecule has 4 heteroatoms. The summed E-state index contributed by atoms with van der Waals surface area (Å²) in [5, 5.41) is 2.95. The number of benzene rings is 1. The normalized spacial score (nSPS) is 10.5. The second-order valence-electron chi connectivity index (χ2n) is 2.68. The van der Waals surface area contributed by atoms with E-state index in [9.17, 15) is 4.79 Å². The van der Waals surface area contributed by atoms with Gasteiger partial charge in [-0.1, -0.05) is 0 Å². The first-order valence-corrected chi connectivity index (χ1v) is 5.00. The van der Waals surface area contributed by atoms with Crippen molar-refractivity contribution >= 4 is 46.0 Å². The number of thiol groups is 1. The summed E-state index contributed by atoms with van der Waals surface area (Å²) in [5.74, 6) is 0. The summed E-state index contributed by atoms with van der Waals surface area (Å²) in [6.45, 7) is 0. The monoisotopic (exact) mass is 209 g/mol. The number of nitrogen functional groups attached to an aromatic ring is 1. The molecule has 0 spiro atoms. The third-order valence-electron chi connectivity index (χ3n) is 1.92. The van der Waals surface area contributed by atoms with E-state index >= 15 is 0 Å². The third kappa shape index (κ3) is 1.22. The van der Waals surface area contributed by atoms with Gasteiger partial charge >= 0.3 is 0 Å². The summed E-state index contributed by atoms with van der Waals surface area (Å²) in [4.78, 5) is 11.4. The van der Waals surface area contributed by atoms with E-state index in [0.29, 0.717) is 11.3 Å². The minimum Gasteiger partial charge on any atom is -0.397 e. The van der Waals surface area contributed by atoms with Crippen LogP contribution in [0.5, 0.6) is 0 Å². The molecule has 2 nitrogen and oxygen atoms in total. The number of thiophene rings is 1. The van der Waals surface area contributed by atoms with Gasteiger partial charge in [0, 0.05) is 15.8 Å². The van der Waals surface area contributed by atoms with E-state index < -0.39 is 0 Å². The average Bonchev–Trinajstić information content (AvgIpc) is 2.60. The van der Waals surface area contributed by atoms with Crippen LogP contribution in [0.3, 0.4) is 0 Å². The van der Waals surface area contributed by atoms with Crippen LogP contribution < -0.4 is 5.73 Å². The number of carbonyl (C=O) groups is 1. The molecule has 0 aliphatic rings. The topological polar surface area (TPSA) is 43.1 Å². The molecule has 13 heavy (non-hydrogen) atoms. The summed E-state index contributed by atoms with van der Waals surface area (Å²) in [7, 11) is 0. The van der Waals surface area contributed by atoms with E-state index in [1.165, 1.54) is 11.3 Å². The van der Waals surface area contributed by atoms with Crippen molar-refractivity contribution in [3.63, 3.8) is 0 Å². The number of hydrogen-bond donors (Lipinski definition) is 2. The van der Waals surface area contributed by atoms with Crippen LogP contribution in [0.4, 0.5) is 5.69 Å². The fraction of sp³-hybridized carbons (Fsp3) is 0. The van der Waals surface area contributed by atoms with E-state index in [1.54, 1.807) is 6.07 Å². The van der Waals surface area contributed by atoms with Crippen LogP contribution in [0.2, 0.25) is 0 Å². The smallest absolute Gasteiger partial charge is 0.152 e. The second kappa shape index (κ2) is 3.05. The standard InChI is InChI=1S/C9H7NOS2/c10-8-5(4-11)3-7(12)6-1-2-13-9(6)8/h1-4,12H,10H2. The SMILES string of the molecule is Nc1c(C=O)cc(S)c2ccsc12. The van der Waals surface area contributed by atoms with Crippen molar-refractivity contribution in [2.75, 3.05) is 5.73 Å². The van der Waals surface area contributed by atoms with E-state index in [4.69, 9.17) is 5.73 Å². The number of nitrogens with two attached hydrogens (primary N) is 1. The highest BCUT2D eigenvalue weighted by atomic mass is 32.1. The number of fused-ring (bicyclic) bond motifs is 1. The molecule has 0 aliphatic carbocycles. The Hall–Kier alpha value is -1.00. The zero-order valence-electron chi connectivity index (χ0n) is 6.65. The van der Waals surface area contributed by atoms with Gasteiger partial charge in [-0.3, -0.25) is 4.79 Å². The van der Waals surface area contributed by atoms with Crippen LogP contribution in [0.25, 0.3) is 10.1 Å². The quantitative estimate of drug-likeness (QED) is 0.430. The molecular formula is C9H7NOS2. The van der Waals surface area contributed by atoms with Crippen LogP contribution in [0, 0.1) is 0 Å². The van der Waals surface area contributed by atoms with E-state index in [0.717, 1.165) is 21.3 Å². The molecule has 0 aliphatic heterocycles. The molecule has 0 radical (unpaired) electrons. The van der Waals surface area contributed by atoms with E-state index in [2.05, 4.69) is 12.6 Å². The van der Waals surface area contributed by atoms with Crippen LogP contribution in [0.1, 0.15) is 10.4 Å². The number of aldehydes is 1. The molecule has 0 bridgehead atoms. The number of rotatable bonds is 1. The molecule has 1 aromatic carbocycles. The predicted octanol–water partition coefficient (Wildman–Crippen LogP) is 2.58. The van der Waals surface area contributed by atoms with Gasteiger partial charge in [-0.2, -0.15) is 0 Å². The van der Waals surface area contributed by atoms with E-state index in [1.807, 2.05) is 11.4 Å². The molecule has 0 saturated carbocycles. The van der Waals surface area contributed by atoms with Crippen LogP contribution >= 0.6 is 24.0 Å². The van der Waals surface area contributed by atoms with E-state index in [-0.39, 0.29) is 0 Å². The molecule has 0 fully saturated rings. The lowest BCUT2D eigenvalue weighted by Crippen LogP contribution is -1.92. The summed E-state index contributed by atoms with van der Waals surface area (Å²) in [6, 6.07) is 3.65. The van der Waals surface area contributed by atoms with Gasteiger partial charge in [0.05, 0.1) is 10.4 Å². The Kier molecular flexibility index (Phi) is 2.01. The van der Waals surface area contributed by atoms with Crippen molar-refractivity contribution in [1.29, 1.82) is 0 Å². The zero-order valence-corrected chi connectivity index (χ0v) is 8.36. The lowest BCUT2D eigenvalue weighted by Gasteiger charge is -2.02. The van der Waals surface area contributed by atoms with Gasteiger partial charge in [-0.05, 0) is 17.5 Å². The molecule has 1 heterocycles. The van der Waals surface area contributed by atoms with Gasteiger partial charge < -0.3 is 5.73 Å². The Balaban J connectivity index is 2.93. The van der Waals surface area contributed by atoms with Crippen LogP contribution in [-0.4, -0.2) is 6.29 Å². The van der Waals surface area contributed by atoms with Gasteiger partial charge in [0.25, 0.3) is 0 Å². The summed E-state index contributed by atoms with van der Waals surface area (Å²) in [5.41, 5.74) is 6.86. The van der Waals surface area contributed by atoms with Gasteiger partial charge in [0.15, 0.2) is 6.29 Å². The first-order valence-electron chi connectivity index (χ1n) is 3.68. The predicted molar refractivity (Wildman–Crippen MR) is 58.9 cm³/mol. The lowest BCUT2D eigenvalue weighted by atomic mass is 10.1. The van der Waals surface area contributed by atoms with Crippen LogP contribution in [0.15, 0.2) is 22.4 Å². The maximum absolute atomic E-state index is 10.6. The first-order chi connectivity index (χ1) is 6.24. The zero-order chi connectivity index (χ0) is 9.42. The molecule has 2 N–H and O–H groups in total. The maximum atomic E-state index is 10.6. The molecule has 2 aromatic rings. The summed E-state index contributed by atoms with van der Waals surface area (Å²) >= 11 is 5.80. The van der Waals surface area contributed by atoms with Crippen molar-refractivity contribution in [2.24, 2.45) is 0 Å². The maximum Gasteiger partial charge on any atom is 0.152 e. The first kappa shape index (κ1) is 8.59. The van der Waals surface area contributed by atoms with Crippen LogP contribution in [-0.2, 0) is 0 Å². The Bertz CT molecular complexity index is 476.